The van der Waals surface area contributed by atoms with Crippen LogP contribution in [0, 0.1) is 17.5 Å². The molecule has 1 aromatic rings. The standard InChI is InChI=1S/C13H16F3N3/c14-10-7-6-9(11(15)12(10)16)13(19-17)18-8-4-2-1-3-5-8/h6-8H,1-5,17H2,(H,18,19). The number of benzene rings is 1. The maximum absolute atomic E-state index is 13.7. The van der Waals surface area contributed by atoms with E-state index < -0.39 is 17.5 Å². The quantitative estimate of drug-likeness (QED) is 0.286. The topological polar surface area (TPSA) is 50.4 Å². The summed E-state index contributed by atoms with van der Waals surface area (Å²) in [6, 6.07) is 2.05. The SMILES string of the molecule is NNC(=NC1CCCCC1)c1ccc(F)c(F)c1F. The molecule has 6 heteroatoms. The van der Waals surface area contributed by atoms with Gasteiger partial charge in [0.05, 0.1) is 11.6 Å². The minimum Gasteiger partial charge on any atom is -0.308 e. The number of hydrazine groups is 1. The van der Waals surface area contributed by atoms with Crippen LogP contribution in [0.15, 0.2) is 17.1 Å². The molecule has 3 nitrogen and oxygen atoms in total. The van der Waals surface area contributed by atoms with Gasteiger partial charge in [0.2, 0.25) is 0 Å². The van der Waals surface area contributed by atoms with Crippen molar-refractivity contribution in [1.29, 1.82) is 0 Å². The summed E-state index contributed by atoms with van der Waals surface area (Å²) >= 11 is 0. The minimum absolute atomic E-state index is 0.0484. The van der Waals surface area contributed by atoms with Crippen LogP contribution in [0.1, 0.15) is 37.7 Å². The average molecular weight is 271 g/mol. The number of halogens is 3. The summed E-state index contributed by atoms with van der Waals surface area (Å²) in [6.07, 6.45) is 5.09. The van der Waals surface area contributed by atoms with Crippen molar-refractivity contribution in [3.05, 3.63) is 35.1 Å². The predicted octanol–water partition coefficient (Wildman–Crippen LogP) is 2.65. The zero-order valence-corrected chi connectivity index (χ0v) is 10.4. The number of amidine groups is 1. The van der Waals surface area contributed by atoms with Crippen LogP contribution in [0.5, 0.6) is 0 Å². The van der Waals surface area contributed by atoms with Gasteiger partial charge >= 0.3 is 0 Å². The van der Waals surface area contributed by atoms with Crippen molar-refractivity contribution in [2.45, 2.75) is 38.1 Å². The second-order valence-electron chi connectivity index (χ2n) is 4.64. The molecule has 0 unspecified atom stereocenters. The Morgan fingerprint density at radius 2 is 1.79 bits per heavy atom. The van der Waals surface area contributed by atoms with Crippen LogP contribution >= 0.6 is 0 Å². The highest BCUT2D eigenvalue weighted by Gasteiger charge is 2.19. The van der Waals surface area contributed by atoms with Gasteiger partial charge < -0.3 is 5.43 Å². The Hall–Kier alpha value is -1.56. The highest BCUT2D eigenvalue weighted by molar-refractivity contribution is 5.98. The molecule has 1 fully saturated rings. The van der Waals surface area contributed by atoms with E-state index in [1.807, 2.05) is 0 Å². The van der Waals surface area contributed by atoms with E-state index >= 15 is 0 Å². The number of hydrogen-bond acceptors (Lipinski definition) is 2. The van der Waals surface area contributed by atoms with Gasteiger partial charge in [0.25, 0.3) is 0 Å². The van der Waals surface area contributed by atoms with Crippen molar-refractivity contribution in [3.63, 3.8) is 0 Å². The van der Waals surface area contributed by atoms with Crippen molar-refractivity contribution in [2.75, 3.05) is 0 Å². The van der Waals surface area contributed by atoms with E-state index in [2.05, 4.69) is 10.4 Å². The summed E-state index contributed by atoms with van der Waals surface area (Å²) in [5.74, 6) is 1.37. The summed E-state index contributed by atoms with van der Waals surface area (Å²) in [5, 5.41) is 0. The van der Waals surface area contributed by atoms with Crippen LogP contribution in [-0.4, -0.2) is 11.9 Å². The van der Waals surface area contributed by atoms with E-state index in [4.69, 9.17) is 5.84 Å². The molecule has 0 aromatic heterocycles. The molecular formula is C13H16F3N3. The van der Waals surface area contributed by atoms with Crippen LogP contribution in [-0.2, 0) is 0 Å². The molecule has 104 valence electrons. The largest absolute Gasteiger partial charge is 0.308 e. The van der Waals surface area contributed by atoms with Crippen molar-refractivity contribution in [3.8, 4) is 0 Å². The number of hydrogen-bond donors (Lipinski definition) is 2. The Morgan fingerprint density at radius 3 is 2.42 bits per heavy atom. The Balaban J connectivity index is 2.31. The Kier molecular flexibility index (Phi) is 4.42. The van der Waals surface area contributed by atoms with Crippen LogP contribution in [0.4, 0.5) is 13.2 Å². The molecule has 0 saturated heterocycles. The van der Waals surface area contributed by atoms with Crippen molar-refractivity contribution in [2.24, 2.45) is 10.8 Å². The molecule has 0 heterocycles. The van der Waals surface area contributed by atoms with E-state index in [9.17, 15) is 13.2 Å². The molecule has 1 aromatic carbocycles. The zero-order valence-electron chi connectivity index (χ0n) is 10.4. The van der Waals surface area contributed by atoms with Gasteiger partial charge in [0.15, 0.2) is 17.5 Å². The van der Waals surface area contributed by atoms with E-state index in [0.29, 0.717) is 0 Å². The molecule has 0 aliphatic heterocycles. The lowest BCUT2D eigenvalue weighted by Crippen LogP contribution is -2.33. The number of nitrogens with zero attached hydrogens (tertiary/aromatic N) is 1. The van der Waals surface area contributed by atoms with Crippen LogP contribution in [0.3, 0.4) is 0 Å². The number of nitrogens with one attached hydrogen (secondary N) is 1. The Bertz CT molecular complexity index is 482. The van der Waals surface area contributed by atoms with E-state index in [0.717, 1.165) is 44.2 Å². The van der Waals surface area contributed by atoms with Crippen molar-refractivity contribution < 1.29 is 13.2 Å². The predicted molar refractivity (Wildman–Crippen MR) is 67.0 cm³/mol. The fraction of sp³-hybridized carbons (Fsp3) is 0.462. The minimum atomic E-state index is -1.51. The van der Waals surface area contributed by atoms with Gasteiger partial charge in [-0.2, -0.15) is 0 Å². The number of aliphatic imine (C=N–C) groups is 1. The monoisotopic (exact) mass is 271 g/mol. The highest BCUT2D eigenvalue weighted by Crippen LogP contribution is 2.22. The number of rotatable bonds is 2. The summed E-state index contributed by atoms with van der Waals surface area (Å²) < 4.78 is 39.7. The highest BCUT2D eigenvalue weighted by atomic mass is 19.2. The molecular weight excluding hydrogens is 255 g/mol. The zero-order chi connectivity index (χ0) is 13.8. The number of nitrogens with two attached hydrogens (primary N) is 1. The smallest absolute Gasteiger partial charge is 0.195 e. The average Bonchev–Trinajstić information content (AvgIpc) is 2.44. The normalized spacial score (nSPS) is 17.6. The van der Waals surface area contributed by atoms with E-state index in [1.165, 1.54) is 0 Å². The third-order valence-corrected chi connectivity index (χ3v) is 3.31. The molecule has 0 spiro atoms. The molecule has 0 atom stereocenters. The lowest BCUT2D eigenvalue weighted by molar-refractivity contribution is 0.439. The maximum atomic E-state index is 13.7. The molecule has 3 N–H and O–H groups in total. The van der Waals surface area contributed by atoms with E-state index in [1.54, 1.807) is 0 Å². The van der Waals surface area contributed by atoms with Gasteiger partial charge in [0, 0.05) is 0 Å². The van der Waals surface area contributed by atoms with Gasteiger partial charge in [-0.3, -0.25) is 4.99 Å². The molecule has 19 heavy (non-hydrogen) atoms. The fourth-order valence-electron chi connectivity index (χ4n) is 2.29. The molecule has 1 aliphatic rings. The Labute approximate surface area is 109 Å². The second kappa shape index (κ2) is 6.06. The van der Waals surface area contributed by atoms with Gasteiger partial charge in [-0.25, -0.2) is 19.0 Å². The molecule has 1 aliphatic carbocycles. The second-order valence-corrected chi connectivity index (χ2v) is 4.64. The van der Waals surface area contributed by atoms with Crippen LogP contribution in [0.25, 0.3) is 0 Å². The van der Waals surface area contributed by atoms with Gasteiger partial charge in [0.1, 0.15) is 5.84 Å². The van der Waals surface area contributed by atoms with Crippen molar-refractivity contribution >= 4 is 5.84 Å². The summed E-state index contributed by atoms with van der Waals surface area (Å²) in [6.45, 7) is 0. The molecule has 0 radical (unpaired) electrons. The summed E-state index contributed by atoms with van der Waals surface area (Å²) in [4.78, 5) is 4.31. The van der Waals surface area contributed by atoms with Gasteiger partial charge in [-0.05, 0) is 25.0 Å². The lowest BCUT2D eigenvalue weighted by Gasteiger charge is -2.19. The first-order valence-electron chi connectivity index (χ1n) is 6.31. The lowest BCUT2D eigenvalue weighted by atomic mass is 9.96. The van der Waals surface area contributed by atoms with Crippen LogP contribution in [0.2, 0.25) is 0 Å². The van der Waals surface area contributed by atoms with Crippen LogP contribution < -0.4 is 11.3 Å². The first kappa shape index (κ1) is 13.9. The molecule has 0 amide bonds. The third-order valence-electron chi connectivity index (χ3n) is 3.31. The first-order valence-corrected chi connectivity index (χ1v) is 6.31. The van der Waals surface area contributed by atoms with Crippen molar-refractivity contribution in [1.82, 2.24) is 5.43 Å². The summed E-state index contributed by atoms with van der Waals surface area (Å²) in [7, 11) is 0. The summed E-state index contributed by atoms with van der Waals surface area (Å²) in [5.41, 5.74) is 2.13. The fourth-order valence-corrected chi connectivity index (χ4v) is 2.29. The maximum Gasteiger partial charge on any atom is 0.195 e. The van der Waals surface area contributed by atoms with Gasteiger partial charge in [-0.1, -0.05) is 19.3 Å². The molecule has 1 saturated carbocycles. The van der Waals surface area contributed by atoms with E-state index in [-0.39, 0.29) is 17.4 Å². The molecule has 2 rings (SSSR count). The molecule has 0 bridgehead atoms. The third kappa shape index (κ3) is 3.07. The first-order chi connectivity index (χ1) is 9.13. The van der Waals surface area contributed by atoms with Gasteiger partial charge in [-0.15, -0.1) is 0 Å². The Morgan fingerprint density at radius 1 is 1.11 bits per heavy atom.